The van der Waals surface area contributed by atoms with Crippen LogP contribution in [0.4, 0.5) is 0 Å². The maximum Gasteiger partial charge on any atom is 0.335 e. The molecule has 1 amide bonds. The van der Waals surface area contributed by atoms with E-state index < -0.39 is 5.97 Å². The first-order chi connectivity index (χ1) is 9.15. The molecule has 1 aliphatic rings. The topological polar surface area (TPSA) is 75.6 Å². The van der Waals surface area contributed by atoms with Crippen molar-refractivity contribution in [2.45, 2.75) is 19.4 Å². The highest BCUT2D eigenvalue weighted by molar-refractivity contribution is 5.87. The second-order valence-corrected chi connectivity index (χ2v) is 4.74. The van der Waals surface area contributed by atoms with Crippen LogP contribution in [0.3, 0.4) is 0 Å². The lowest BCUT2D eigenvalue weighted by Crippen LogP contribution is -2.27. The van der Waals surface area contributed by atoms with Gasteiger partial charge in [0.05, 0.1) is 12.2 Å². The lowest BCUT2D eigenvalue weighted by Gasteiger charge is -2.06. The maximum absolute atomic E-state index is 11.5. The fourth-order valence-electron chi connectivity index (χ4n) is 1.62. The van der Waals surface area contributed by atoms with E-state index in [1.165, 1.54) is 25.0 Å². The Morgan fingerprint density at radius 3 is 2.53 bits per heavy atom. The van der Waals surface area contributed by atoms with Crippen molar-refractivity contribution in [3.63, 3.8) is 0 Å². The number of carbonyl (C=O) groups excluding carboxylic acids is 1. The number of nitrogens with one attached hydrogen (secondary N) is 1. The van der Waals surface area contributed by atoms with Gasteiger partial charge in [-0.05, 0) is 36.5 Å². The van der Waals surface area contributed by atoms with Crippen LogP contribution >= 0.6 is 0 Å². The van der Waals surface area contributed by atoms with E-state index >= 15 is 0 Å². The summed E-state index contributed by atoms with van der Waals surface area (Å²) < 4.78 is 5.27. The molecule has 5 heteroatoms. The van der Waals surface area contributed by atoms with Gasteiger partial charge in [-0.1, -0.05) is 12.1 Å². The molecule has 0 heterocycles. The van der Waals surface area contributed by atoms with Crippen molar-refractivity contribution >= 4 is 11.9 Å². The summed E-state index contributed by atoms with van der Waals surface area (Å²) in [7, 11) is 0. The van der Waals surface area contributed by atoms with E-state index in [1.807, 2.05) is 0 Å². The fourth-order valence-corrected chi connectivity index (χ4v) is 1.62. The Bertz CT molecular complexity index is 451. The van der Waals surface area contributed by atoms with Crippen LogP contribution in [0.25, 0.3) is 0 Å². The normalized spacial score (nSPS) is 14.1. The minimum atomic E-state index is -0.955. The molecular formula is C14H17NO4. The molecule has 0 spiro atoms. The monoisotopic (exact) mass is 263 g/mol. The van der Waals surface area contributed by atoms with Crippen LogP contribution in [0.15, 0.2) is 24.3 Å². The number of aromatic carboxylic acids is 1. The fraction of sp³-hybridized carbons (Fsp3) is 0.429. The number of carboxylic acid groups (broad SMARTS) is 1. The lowest BCUT2D eigenvalue weighted by atomic mass is 10.1. The molecule has 0 aliphatic heterocycles. The van der Waals surface area contributed by atoms with Gasteiger partial charge in [-0.15, -0.1) is 0 Å². The van der Waals surface area contributed by atoms with Crippen molar-refractivity contribution in [2.24, 2.45) is 5.92 Å². The van der Waals surface area contributed by atoms with E-state index in [0.29, 0.717) is 19.1 Å². The third kappa shape index (κ3) is 4.71. The van der Waals surface area contributed by atoms with Crippen molar-refractivity contribution in [1.29, 1.82) is 0 Å². The van der Waals surface area contributed by atoms with Crippen LogP contribution < -0.4 is 5.32 Å². The van der Waals surface area contributed by atoms with Gasteiger partial charge in [-0.2, -0.15) is 0 Å². The zero-order chi connectivity index (χ0) is 13.7. The highest BCUT2D eigenvalue weighted by Crippen LogP contribution is 2.28. The average Bonchev–Trinajstić information content (AvgIpc) is 3.21. The molecule has 2 rings (SSSR count). The maximum atomic E-state index is 11.5. The summed E-state index contributed by atoms with van der Waals surface area (Å²) in [6.07, 6.45) is 2.41. The summed E-state index contributed by atoms with van der Waals surface area (Å²) in [6, 6.07) is 6.42. The number of carboxylic acids is 1. The van der Waals surface area contributed by atoms with Crippen LogP contribution in [0, 0.1) is 5.92 Å². The van der Waals surface area contributed by atoms with Crippen LogP contribution in [0.1, 0.15) is 28.8 Å². The number of hydrogen-bond acceptors (Lipinski definition) is 3. The highest BCUT2D eigenvalue weighted by Gasteiger charge is 2.21. The Morgan fingerprint density at radius 2 is 1.95 bits per heavy atom. The average molecular weight is 263 g/mol. The molecule has 102 valence electrons. The van der Waals surface area contributed by atoms with E-state index in [2.05, 4.69) is 5.32 Å². The zero-order valence-electron chi connectivity index (χ0n) is 10.6. The summed E-state index contributed by atoms with van der Waals surface area (Å²) in [5.41, 5.74) is 1.10. The first-order valence-electron chi connectivity index (χ1n) is 6.32. The number of hydrogen-bond donors (Lipinski definition) is 2. The molecule has 1 aromatic carbocycles. The summed E-state index contributed by atoms with van der Waals surface area (Å²) in [5, 5.41) is 11.5. The third-order valence-electron chi connectivity index (χ3n) is 2.97. The Kier molecular flexibility index (Phi) is 4.52. The minimum Gasteiger partial charge on any atom is -0.478 e. The van der Waals surface area contributed by atoms with E-state index in [-0.39, 0.29) is 18.1 Å². The summed E-state index contributed by atoms with van der Waals surface area (Å²) in [5.74, 6) is -0.455. The molecule has 0 saturated heterocycles. The molecule has 1 aromatic rings. The first kappa shape index (κ1) is 13.5. The number of carbonyl (C=O) groups is 2. The molecule has 0 unspecified atom stereocenters. The van der Waals surface area contributed by atoms with Crippen molar-refractivity contribution in [3.05, 3.63) is 35.4 Å². The van der Waals surface area contributed by atoms with Crippen molar-refractivity contribution < 1.29 is 19.4 Å². The molecular weight excluding hydrogens is 246 g/mol. The quantitative estimate of drug-likeness (QED) is 0.780. The Labute approximate surface area is 111 Å². The molecule has 1 saturated carbocycles. The third-order valence-corrected chi connectivity index (χ3v) is 2.97. The SMILES string of the molecule is O=C(COCC1CC1)NCc1ccc(C(=O)O)cc1. The number of rotatable bonds is 7. The van der Waals surface area contributed by atoms with Crippen LogP contribution in [0.2, 0.25) is 0 Å². The van der Waals surface area contributed by atoms with E-state index in [4.69, 9.17) is 9.84 Å². The smallest absolute Gasteiger partial charge is 0.335 e. The lowest BCUT2D eigenvalue weighted by molar-refractivity contribution is -0.126. The van der Waals surface area contributed by atoms with Gasteiger partial charge in [0.1, 0.15) is 6.61 Å². The summed E-state index contributed by atoms with van der Waals surface area (Å²) >= 11 is 0. The predicted molar refractivity (Wildman–Crippen MR) is 68.8 cm³/mol. The van der Waals surface area contributed by atoms with Crippen LogP contribution in [0.5, 0.6) is 0 Å². The second-order valence-electron chi connectivity index (χ2n) is 4.74. The molecule has 5 nitrogen and oxygen atoms in total. The van der Waals surface area contributed by atoms with Crippen LogP contribution in [-0.4, -0.2) is 30.2 Å². The zero-order valence-corrected chi connectivity index (χ0v) is 10.6. The van der Waals surface area contributed by atoms with E-state index in [0.717, 1.165) is 5.56 Å². The standard InChI is InChI=1S/C14H17NO4/c16-13(9-19-8-11-1-2-11)15-7-10-3-5-12(6-4-10)14(17)18/h3-6,11H,1-2,7-9H2,(H,15,16)(H,17,18). The highest BCUT2D eigenvalue weighted by atomic mass is 16.5. The molecule has 2 N–H and O–H groups in total. The van der Waals surface area contributed by atoms with Gasteiger partial charge in [-0.3, -0.25) is 4.79 Å². The van der Waals surface area contributed by atoms with Crippen LogP contribution in [-0.2, 0) is 16.1 Å². The van der Waals surface area contributed by atoms with Gasteiger partial charge in [0.2, 0.25) is 5.91 Å². The second kappa shape index (κ2) is 6.33. The summed E-state index contributed by atoms with van der Waals surface area (Å²) in [4.78, 5) is 22.1. The van der Waals surface area contributed by atoms with Crippen molar-refractivity contribution in [2.75, 3.05) is 13.2 Å². The molecule has 1 fully saturated rings. The molecule has 0 radical (unpaired) electrons. The van der Waals surface area contributed by atoms with Crippen molar-refractivity contribution in [3.8, 4) is 0 Å². The van der Waals surface area contributed by atoms with Crippen molar-refractivity contribution in [1.82, 2.24) is 5.32 Å². The Balaban J connectivity index is 1.68. The molecule has 1 aliphatic carbocycles. The molecule has 0 aromatic heterocycles. The predicted octanol–water partition coefficient (Wildman–Crippen LogP) is 1.43. The molecule has 0 bridgehead atoms. The number of ether oxygens (including phenoxy) is 1. The van der Waals surface area contributed by atoms with Gasteiger partial charge in [0, 0.05) is 6.54 Å². The van der Waals surface area contributed by atoms with E-state index in [1.54, 1.807) is 12.1 Å². The number of benzene rings is 1. The Morgan fingerprint density at radius 1 is 1.26 bits per heavy atom. The van der Waals surface area contributed by atoms with Gasteiger partial charge in [0.25, 0.3) is 0 Å². The Hall–Kier alpha value is -1.88. The summed E-state index contributed by atoms with van der Waals surface area (Å²) in [6.45, 7) is 1.13. The molecule has 19 heavy (non-hydrogen) atoms. The number of amides is 1. The largest absolute Gasteiger partial charge is 0.478 e. The van der Waals surface area contributed by atoms with Gasteiger partial charge >= 0.3 is 5.97 Å². The van der Waals surface area contributed by atoms with Gasteiger partial charge < -0.3 is 15.2 Å². The van der Waals surface area contributed by atoms with E-state index in [9.17, 15) is 9.59 Å². The first-order valence-corrected chi connectivity index (χ1v) is 6.32. The minimum absolute atomic E-state index is 0.0870. The van der Waals surface area contributed by atoms with Gasteiger partial charge in [-0.25, -0.2) is 4.79 Å². The van der Waals surface area contributed by atoms with Gasteiger partial charge in [0.15, 0.2) is 0 Å². The molecule has 0 atom stereocenters.